The molecular weight excluding hydrogens is 370 g/mol. The standard InChI is InChI=1S/C21H25N5OS/c1-15-22-20(26-11-9-25(10-12-26)13-18(27)24(2)3)19-17(14-28-21(19)23-15)16-7-5-4-6-8-16/h4-8,14H,9-13H2,1-3H3/p+1. The van der Waals surface area contributed by atoms with Crippen LogP contribution >= 0.6 is 11.3 Å². The van der Waals surface area contributed by atoms with Crippen LogP contribution in [0.4, 0.5) is 5.82 Å². The van der Waals surface area contributed by atoms with Gasteiger partial charge < -0.3 is 14.7 Å². The maximum Gasteiger partial charge on any atom is 0.277 e. The van der Waals surface area contributed by atoms with Gasteiger partial charge in [0.1, 0.15) is 16.5 Å². The molecule has 146 valence electrons. The van der Waals surface area contributed by atoms with E-state index >= 15 is 0 Å². The van der Waals surface area contributed by atoms with Crippen molar-refractivity contribution in [3.05, 3.63) is 41.5 Å². The van der Waals surface area contributed by atoms with Crippen LogP contribution in [0.1, 0.15) is 5.82 Å². The van der Waals surface area contributed by atoms with E-state index in [0.29, 0.717) is 6.54 Å². The van der Waals surface area contributed by atoms with Gasteiger partial charge in [-0.1, -0.05) is 30.3 Å². The monoisotopic (exact) mass is 396 g/mol. The van der Waals surface area contributed by atoms with Crippen LogP contribution < -0.4 is 9.80 Å². The minimum Gasteiger partial charge on any atom is -0.345 e. The lowest BCUT2D eigenvalue weighted by Gasteiger charge is -2.33. The first-order valence-corrected chi connectivity index (χ1v) is 10.5. The van der Waals surface area contributed by atoms with E-state index in [-0.39, 0.29) is 5.91 Å². The molecule has 7 heteroatoms. The Morgan fingerprint density at radius 1 is 1.18 bits per heavy atom. The van der Waals surface area contributed by atoms with Crippen molar-refractivity contribution in [1.29, 1.82) is 0 Å². The van der Waals surface area contributed by atoms with Gasteiger partial charge in [0.2, 0.25) is 0 Å². The van der Waals surface area contributed by atoms with Crippen LogP contribution in [-0.2, 0) is 4.79 Å². The Balaban J connectivity index is 1.62. The highest BCUT2D eigenvalue weighted by Gasteiger charge is 2.26. The molecule has 28 heavy (non-hydrogen) atoms. The van der Waals surface area contributed by atoms with E-state index in [9.17, 15) is 4.79 Å². The topological polar surface area (TPSA) is 53.8 Å². The Kier molecular flexibility index (Phi) is 5.28. The number of hydrogen-bond acceptors (Lipinski definition) is 5. The van der Waals surface area contributed by atoms with Crippen molar-refractivity contribution in [2.24, 2.45) is 0 Å². The Hall–Kier alpha value is -2.51. The minimum absolute atomic E-state index is 0.188. The van der Waals surface area contributed by atoms with Crippen molar-refractivity contribution in [2.75, 3.05) is 51.7 Å². The average molecular weight is 397 g/mol. The number of piperazine rings is 1. The van der Waals surface area contributed by atoms with Crippen LogP contribution in [0.3, 0.4) is 0 Å². The van der Waals surface area contributed by atoms with Gasteiger partial charge in [0.15, 0.2) is 6.54 Å². The molecule has 1 saturated heterocycles. The van der Waals surface area contributed by atoms with Gasteiger partial charge in [0.05, 0.1) is 31.6 Å². The van der Waals surface area contributed by atoms with Crippen LogP contribution in [0.2, 0.25) is 0 Å². The number of quaternary nitrogens is 1. The summed E-state index contributed by atoms with van der Waals surface area (Å²) in [7, 11) is 3.64. The second-order valence-electron chi connectivity index (χ2n) is 7.49. The van der Waals surface area contributed by atoms with E-state index in [2.05, 4.69) is 39.5 Å². The second kappa shape index (κ2) is 7.85. The molecule has 0 saturated carbocycles. The zero-order valence-corrected chi connectivity index (χ0v) is 17.4. The fourth-order valence-electron chi connectivity index (χ4n) is 3.67. The number of hydrogen-bond donors (Lipinski definition) is 1. The van der Waals surface area contributed by atoms with Crippen LogP contribution in [-0.4, -0.2) is 67.6 Å². The summed E-state index contributed by atoms with van der Waals surface area (Å²) in [5, 5.41) is 3.34. The van der Waals surface area contributed by atoms with Crippen molar-refractivity contribution in [3.8, 4) is 11.1 Å². The molecule has 0 spiro atoms. The quantitative estimate of drug-likeness (QED) is 0.726. The van der Waals surface area contributed by atoms with Gasteiger partial charge in [-0.3, -0.25) is 4.79 Å². The number of thiophene rings is 1. The van der Waals surface area contributed by atoms with E-state index in [1.165, 1.54) is 16.0 Å². The molecule has 1 fully saturated rings. The molecule has 1 aliphatic heterocycles. The molecule has 0 atom stereocenters. The number of anilines is 1. The van der Waals surface area contributed by atoms with Crippen LogP contribution in [0.5, 0.6) is 0 Å². The third-order valence-electron chi connectivity index (χ3n) is 5.28. The van der Waals surface area contributed by atoms with Gasteiger partial charge >= 0.3 is 0 Å². The molecule has 0 unspecified atom stereocenters. The number of carbonyl (C=O) groups is 1. The molecule has 0 aliphatic carbocycles. The Morgan fingerprint density at radius 3 is 2.57 bits per heavy atom. The predicted octanol–water partition coefficient (Wildman–Crippen LogP) is 1.46. The maximum absolute atomic E-state index is 12.0. The van der Waals surface area contributed by atoms with Crippen molar-refractivity contribution in [1.82, 2.24) is 14.9 Å². The fourth-order valence-corrected chi connectivity index (χ4v) is 4.66. The SMILES string of the molecule is Cc1nc(N2CC[NH+](CC(=O)N(C)C)CC2)c2c(-c3ccccc3)csc2n1. The minimum atomic E-state index is 0.188. The van der Waals surface area contributed by atoms with Crippen molar-refractivity contribution in [2.45, 2.75) is 6.92 Å². The summed E-state index contributed by atoms with van der Waals surface area (Å²) in [6.45, 7) is 6.19. The molecule has 1 N–H and O–H groups in total. The molecule has 3 aromatic rings. The third kappa shape index (κ3) is 3.72. The largest absolute Gasteiger partial charge is 0.345 e. The summed E-state index contributed by atoms with van der Waals surface area (Å²) >= 11 is 1.68. The number of carbonyl (C=O) groups excluding carboxylic acids is 1. The van der Waals surface area contributed by atoms with E-state index in [0.717, 1.165) is 48.0 Å². The number of amides is 1. The zero-order chi connectivity index (χ0) is 19.7. The molecule has 0 radical (unpaired) electrons. The maximum atomic E-state index is 12.0. The average Bonchev–Trinajstić information content (AvgIpc) is 3.12. The van der Waals surface area contributed by atoms with Crippen molar-refractivity contribution < 1.29 is 9.69 Å². The van der Waals surface area contributed by atoms with Gasteiger partial charge in [-0.05, 0) is 12.5 Å². The Labute approximate surface area is 169 Å². The number of nitrogens with one attached hydrogen (secondary N) is 1. The summed E-state index contributed by atoms with van der Waals surface area (Å²) in [5.74, 6) is 2.02. The van der Waals surface area contributed by atoms with E-state index < -0.39 is 0 Å². The van der Waals surface area contributed by atoms with Crippen molar-refractivity contribution >= 4 is 33.3 Å². The second-order valence-corrected chi connectivity index (χ2v) is 8.35. The number of rotatable bonds is 4. The lowest BCUT2D eigenvalue weighted by Crippen LogP contribution is -3.15. The van der Waals surface area contributed by atoms with Crippen LogP contribution in [0.25, 0.3) is 21.3 Å². The lowest BCUT2D eigenvalue weighted by molar-refractivity contribution is -0.892. The summed E-state index contributed by atoms with van der Waals surface area (Å²) in [4.78, 5) is 27.9. The number of benzene rings is 1. The number of nitrogens with zero attached hydrogens (tertiary/aromatic N) is 4. The smallest absolute Gasteiger partial charge is 0.277 e. The summed E-state index contributed by atoms with van der Waals surface area (Å²) in [6.07, 6.45) is 0. The summed E-state index contributed by atoms with van der Waals surface area (Å²) < 4.78 is 0. The first kappa shape index (κ1) is 18.8. The lowest BCUT2D eigenvalue weighted by atomic mass is 10.1. The Bertz CT molecular complexity index is 977. The van der Waals surface area contributed by atoms with Crippen LogP contribution in [0.15, 0.2) is 35.7 Å². The molecule has 3 heterocycles. The van der Waals surface area contributed by atoms with Crippen molar-refractivity contribution in [3.63, 3.8) is 0 Å². The molecule has 1 amide bonds. The van der Waals surface area contributed by atoms with E-state index in [1.54, 1.807) is 16.2 Å². The Morgan fingerprint density at radius 2 is 1.89 bits per heavy atom. The van der Waals surface area contributed by atoms with Crippen LogP contribution in [0, 0.1) is 6.92 Å². The highest BCUT2D eigenvalue weighted by molar-refractivity contribution is 7.17. The molecule has 4 rings (SSSR count). The van der Waals surface area contributed by atoms with E-state index in [1.807, 2.05) is 27.1 Å². The molecule has 1 aliphatic rings. The summed E-state index contributed by atoms with van der Waals surface area (Å²) in [6, 6.07) is 10.5. The first-order chi connectivity index (χ1) is 13.5. The predicted molar refractivity (Wildman–Crippen MR) is 114 cm³/mol. The molecular formula is C21H26N5OS+. The van der Waals surface area contributed by atoms with Gasteiger partial charge in [-0.25, -0.2) is 9.97 Å². The first-order valence-electron chi connectivity index (χ1n) is 9.63. The number of fused-ring (bicyclic) bond motifs is 1. The molecule has 0 bridgehead atoms. The highest BCUT2D eigenvalue weighted by atomic mass is 32.1. The zero-order valence-electron chi connectivity index (χ0n) is 16.6. The molecule has 2 aromatic heterocycles. The van der Waals surface area contributed by atoms with Gasteiger partial charge in [0.25, 0.3) is 5.91 Å². The number of likely N-dealkylation sites (N-methyl/N-ethyl adjacent to an activating group) is 1. The number of aromatic nitrogens is 2. The van der Waals surface area contributed by atoms with Gasteiger partial charge in [0, 0.05) is 25.0 Å². The normalized spacial score (nSPS) is 15.2. The fraction of sp³-hybridized carbons (Fsp3) is 0.381. The van der Waals surface area contributed by atoms with Gasteiger partial charge in [-0.15, -0.1) is 11.3 Å². The molecule has 6 nitrogen and oxygen atoms in total. The highest BCUT2D eigenvalue weighted by Crippen LogP contribution is 2.38. The van der Waals surface area contributed by atoms with E-state index in [4.69, 9.17) is 4.98 Å². The van der Waals surface area contributed by atoms with Gasteiger partial charge in [-0.2, -0.15) is 0 Å². The number of aryl methyl sites for hydroxylation is 1. The molecule has 1 aromatic carbocycles. The third-order valence-corrected chi connectivity index (χ3v) is 6.15. The summed E-state index contributed by atoms with van der Waals surface area (Å²) in [5.41, 5.74) is 2.40.